The zero-order chi connectivity index (χ0) is 19.4. The minimum Gasteiger partial charge on any atom is -0.324 e. The lowest BCUT2D eigenvalue weighted by Gasteiger charge is -2.16. The van der Waals surface area contributed by atoms with Crippen LogP contribution in [0.4, 0.5) is 5.69 Å². The van der Waals surface area contributed by atoms with Gasteiger partial charge in [0.15, 0.2) is 5.16 Å². The van der Waals surface area contributed by atoms with E-state index in [0.29, 0.717) is 27.3 Å². The van der Waals surface area contributed by atoms with E-state index in [2.05, 4.69) is 10.3 Å². The molecule has 1 amide bonds. The number of para-hydroxylation sites is 2. The molecule has 0 fully saturated rings. The van der Waals surface area contributed by atoms with Crippen LogP contribution in [0.25, 0.3) is 10.9 Å². The van der Waals surface area contributed by atoms with Gasteiger partial charge in [0, 0.05) is 6.04 Å². The number of nitriles is 1. The van der Waals surface area contributed by atoms with E-state index < -0.39 is 0 Å². The smallest absolute Gasteiger partial charge is 0.262 e. The summed E-state index contributed by atoms with van der Waals surface area (Å²) < 4.78 is 1.60. The topological polar surface area (TPSA) is 87.8 Å². The molecule has 27 heavy (non-hydrogen) atoms. The number of aromatic nitrogens is 2. The number of thioether (sulfide) groups is 1. The lowest BCUT2D eigenvalue weighted by molar-refractivity contribution is -0.113. The molecule has 0 aliphatic heterocycles. The van der Waals surface area contributed by atoms with Crippen LogP contribution in [0.2, 0.25) is 0 Å². The summed E-state index contributed by atoms with van der Waals surface area (Å²) in [5, 5.41) is 12.9. The fourth-order valence-electron chi connectivity index (χ4n) is 2.69. The van der Waals surface area contributed by atoms with Crippen LogP contribution in [-0.4, -0.2) is 21.2 Å². The van der Waals surface area contributed by atoms with Crippen molar-refractivity contribution in [3.63, 3.8) is 0 Å². The standard InChI is InChI=1S/C20H18N4O2S/c1-13(2)24-19(26)15-8-4-6-10-17(15)23-20(24)27-12-18(25)22-16-9-5-3-7-14(16)11-21/h3-10,13H,12H2,1-2H3,(H,22,25). The van der Waals surface area contributed by atoms with Crippen molar-refractivity contribution in [1.29, 1.82) is 5.26 Å². The van der Waals surface area contributed by atoms with E-state index in [9.17, 15) is 9.59 Å². The number of fused-ring (bicyclic) bond motifs is 1. The summed E-state index contributed by atoms with van der Waals surface area (Å²) in [6, 6.07) is 16.0. The molecule has 2 aromatic carbocycles. The normalized spacial score (nSPS) is 10.7. The average molecular weight is 378 g/mol. The van der Waals surface area contributed by atoms with Crippen molar-refractivity contribution in [3.05, 3.63) is 64.4 Å². The van der Waals surface area contributed by atoms with E-state index in [-0.39, 0.29) is 23.3 Å². The molecule has 0 bridgehead atoms. The molecule has 136 valence electrons. The Balaban J connectivity index is 1.84. The zero-order valence-electron chi connectivity index (χ0n) is 15.0. The Labute approximate surface area is 160 Å². The van der Waals surface area contributed by atoms with Gasteiger partial charge in [-0.3, -0.25) is 14.2 Å². The van der Waals surface area contributed by atoms with Crippen LogP contribution < -0.4 is 10.9 Å². The summed E-state index contributed by atoms with van der Waals surface area (Å²) in [6.07, 6.45) is 0. The maximum Gasteiger partial charge on any atom is 0.262 e. The molecule has 0 saturated carbocycles. The summed E-state index contributed by atoms with van der Waals surface area (Å²) in [4.78, 5) is 29.7. The number of benzene rings is 2. The molecule has 7 heteroatoms. The van der Waals surface area contributed by atoms with Gasteiger partial charge in [-0.2, -0.15) is 5.26 Å². The van der Waals surface area contributed by atoms with Gasteiger partial charge in [-0.25, -0.2) is 4.98 Å². The van der Waals surface area contributed by atoms with E-state index in [1.54, 1.807) is 41.0 Å². The minimum atomic E-state index is -0.264. The van der Waals surface area contributed by atoms with Crippen molar-refractivity contribution in [2.75, 3.05) is 11.1 Å². The van der Waals surface area contributed by atoms with E-state index in [0.717, 1.165) is 0 Å². The molecular formula is C20H18N4O2S. The van der Waals surface area contributed by atoms with Crippen LogP contribution >= 0.6 is 11.8 Å². The highest BCUT2D eigenvalue weighted by atomic mass is 32.2. The van der Waals surface area contributed by atoms with E-state index in [1.165, 1.54) is 11.8 Å². The number of carbonyl (C=O) groups is 1. The molecular weight excluding hydrogens is 360 g/mol. The van der Waals surface area contributed by atoms with Gasteiger partial charge in [0.2, 0.25) is 5.91 Å². The van der Waals surface area contributed by atoms with E-state index >= 15 is 0 Å². The SMILES string of the molecule is CC(C)n1c(SCC(=O)Nc2ccccc2C#N)nc2ccccc2c1=O. The second kappa shape index (κ2) is 8.06. The lowest BCUT2D eigenvalue weighted by Crippen LogP contribution is -2.25. The van der Waals surface area contributed by atoms with Crippen molar-refractivity contribution >= 4 is 34.3 Å². The molecule has 3 aromatic rings. The molecule has 0 atom stereocenters. The molecule has 6 nitrogen and oxygen atoms in total. The highest BCUT2D eigenvalue weighted by molar-refractivity contribution is 7.99. The van der Waals surface area contributed by atoms with Gasteiger partial charge in [0.05, 0.1) is 27.9 Å². The fourth-order valence-corrected chi connectivity index (χ4v) is 3.62. The maximum absolute atomic E-state index is 12.8. The largest absolute Gasteiger partial charge is 0.324 e. The van der Waals surface area contributed by atoms with Crippen LogP contribution in [0.1, 0.15) is 25.5 Å². The summed E-state index contributed by atoms with van der Waals surface area (Å²) >= 11 is 1.20. The summed E-state index contributed by atoms with van der Waals surface area (Å²) in [7, 11) is 0. The first-order valence-electron chi connectivity index (χ1n) is 8.44. The Bertz CT molecular complexity index is 1100. The fraction of sp³-hybridized carbons (Fsp3) is 0.200. The third-order valence-corrected chi connectivity index (χ3v) is 4.90. The van der Waals surface area contributed by atoms with Gasteiger partial charge in [-0.15, -0.1) is 0 Å². The van der Waals surface area contributed by atoms with Gasteiger partial charge in [0.25, 0.3) is 5.56 Å². The lowest BCUT2D eigenvalue weighted by atomic mass is 10.2. The Kier molecular flexibility index (Phi) is 5.57. The number of nitrogens with zero attached hydrogens (tertiary/aromatic N) is 3. The van der Waals surface area contributed by atoms with E-state index in [1.807, 2.05) is 32.0 Å². The van der Waals surface area contributed by atoms with Crippen molar-refractivity contribution in [1.82, 2.24) is 9.55 Å². The summed E-state index contributed by atoms with van der Waals surface area (Å²) in [5.74, 6) is -0.183. The quantitative estimate of drug-likeness (QED) is 0.541. The van der Waals surface area contributed by atoms with Crippen LogP contribution in [0, 0.1) is 11.3 Å². The second-order valence-corrected chi connectivity index (χ2v) is 7.12. The molecule has 0 aliphatic rings. The van der Waals surface area contributed by atoms with Gasteiger partial charge >= 0.3 is 0 Å². The number of anilines is 1. The summed E-state index contributed by atoms with van der Waals surface area (Å²) in [5.41, 5.74) is 1.36. The molecule has 1 aromatic heterocycles. The van der Waals surface area contributed by atoms with Crippen LogP contribution in [0.15, 0.2) is 58.5 Å². The monoisotopic (exact) mass is 378 g/mol. The maximum atomic E-state index is 12.8. The molecule has 0 radical (unpaired) electrons. The van der Waals surface area contributed by atoms with Crippen LogP contribution in [0.5, 0.6) is 0 Å². The first-order chi connectivity index (χ1) is 13.0. The third kappa shape index (κ3) is 4.01. The molecule has 0 spiro atoms. The number of amides is 1. The number of hydrogen-bond donors (Lipinski definition) is 1. The Morgan fingerprint density at radius 3 is 2.67 bits per heavy atom. The highest BCUT2D eigenvalue weighted by Crippen LogP contribution is 2.21. The van der Waals surface area contributed by atoms with Gasteiger partial charge in [0.1, 0.15) is 6.07 Å². The average Bonchev–Trinajstić information content (AvgIpc) is 2.66. The third-order valence-electron chi connectivity index (χ3n) is 3.95. The molecule has 1 heterocycles. The Hall–Kier alpha value is -3.11. The molecule has 0 aliphatic carbocycles. The van der Waals surface area contributed by atoms with Gasteiger partial charge in [-0.05, 0) is 38.1 Å². The molecule has 0 saturated heterocycles. The number of rotatable bonds is 5. The highest BCUT2D eigenvalue weighted by Gasteiger charge is 2.15. The zero-order valence-corrected chi connectivity index (χ0v) is 15.8. The second-order valence-electron chi connectivity index (χ2n) is 6.17. The molecule has 3 rings (SSSR count). The van der Waals surface area contributed by atoms with Crippen molar-refractivity contribution < 1.29 is 4.79 Å². The van der Waals surface area contributed by atoms with E-state index in [4.69, 9.17) is 5.26 Å². The first-order valence-corrected chi connectivity index (χ1v) is 9.43. The predicted octanol–water partition coefficient (Wildman–Crippen LogP) is 3.58. The minimum absolute atomic E-state index is 0.0806. The number of hydrogen-bond acceptors (Lipinski definition) is 5. The molecule has 0 unspecified atom stereocenters. The van der Waals surface area contributed by atoms with Crippen molar-refractivity contribution in [2.24, 2.45) is 0 Å². The van der Waals surface area contributed by atoms with Crippen molar-refractivity contribution in [2.45, 2.75) is 25.0 Å². The van der Waals surface area contributed by atoms with Gasteiger partial charge in [-0.1, -0.05) is 36.0 Å². The summed E-state index contributed by atoms with van der Waals surface area (Å²) in [6.45, 7) is 3.82. The number of nitrogens with one attached hydrogen (secondary N) is 1. The number of carbonyl (C=O) groups excluding carboxylic acids is 1. The van der Waals surface area contributed by atoms with Crippen molar-refractivity contribution in [3.8, 4) is 6.07 Å². The van der Waals surface area contributed by atoms with Gasteiger partial charge < -0.3 is 5.32 Å². The first kappa shape index (κ1) is 18.7. The Morgan fingerprint density at radius 2 is 1.93 bits per heavy atom. The predicted molar refractivity (Wildman–Crippen MR) is 107 cm³/mol. The Morgan fingerprint density at radius 1 is 1.22 bits per heavy atom. The molecule has 1 N–H and O–H groups in total. The van der Waals surface area contributed by atoms with Crippen LogP contribution in [0.3, 0.4) is 0 Å². The van der Waals surface area contributed by atoms with Crippen LogP contribution in [-0.2, 0) is 4.79 Å².